The van der Waals surface area contributed by atoms with Crippen LogP contribution >= 0.6 is 46.6 Å². The second-order valence-corrected chi connectivity index (χ2v) is 5.31. The summed E-state index contributed by atoms with van der Waals surface area (Å²) in [4.78, 5) is 0.406. The molecule has 0 aliphatic carbocycles. The van der Waals surface area contributed by atoms with Crippen LogP contribution < -0.4 is 0 Å². The molecule has 1 aromatic heterocycles. The molecule has 0 radical (unpaired) electrons. The molecule has 0 atom stereocenters. The van der Waals surface area contributed by atoms with Crippen LogP contribution in [0, 0.1) is 3.57 Å². The van der Waals surface area contributed by atoms with Crippen molar-refractivity contribution in [2.75, 3.05) is 0 Å². The van der Waals surface area contributed by atoms with Crippen LogP contribution in [0.15, 0.2) is 22.4 Å². The molecule has 0 saturated heterocycles. The second-order valence-electron chi connectivity index (χ2n) is 2.75. The van der Waals surface area contributed by atoms with Gasteiger partial charge in [0.2, 0.25) is 0 Å². The highest BCUT2D eigenvalue weighted by molar-refractivity contribution is 14.1. The minimum Gasteiger partial charge on any atom is -0.205 e. The Morgan fingerprint density at radius 2 is 2.14 bits per heavy atom. The summed E-state index contributed by atoms with van der Waals surface area (Å²) < 4.78 is 26.9. The normalized spacial score (nSPS) is 11.5. The standard InChI is InChI=1S/C9H5F2IS2/c10-9(11)7-5(12)3-6-4(8(7)13)1-2-14-6/h1-3,9,13H. The first kappa shape index (κ1) is 10.6. The average Bonchev–Trinajstić information content (AvgIpc) is 2.50. The first-order chi connectivity index (χ1) is 6.61. The first-order valence-corrected chi connectivity index (χ1v) is 6.18. The Balaban J connectivity index is 2.82. The van der Waals surface area contributed by atoms with Gasteiger partial charge in [-0.15, -0.1) is 24.0 Å². The summed E-state index contributed by atoms with van der Waals surface area (Å²) in [6.45, 7) is 0. The van der Waals surface area contributed by atoms with Crippen LogP contribution in [0.4, 0.5) is 8.78 Å². The van der Waals surface area contributed by atoms with Gasteiger partial charge in [-0.25, -0.2) is 8.78 Å². The monoisotopic (exact) mass is 342 g/mol. The van der Waals surface area contributed by atoms with Crippen LogP contribution in [0.3, 0.4) is 0 Å². The summed E-state index contributed by atoms with van der Waals surface area (Å²) in [5.74, 6) is 0. The molecule has 0 fully saturated rings. The van der Waals surface area contributed by atoms with Gasteiger partial charge in [-0.3, -0.25) is 0 Å². The van der Waals surface area contributed by atoms with Gasteiger partial charge in [-0.05, 0) is 40.1 Å². The lowest BCUT2D eigenvalue weighted by Gasteiger charge is -2.07. The van der Waals surface area contributed by atoms with E-state index in [1.54, 1.807) is 6.07 Å². The lowest BCUT2D eigenvalue weighted by molar-refractivity contribution is 0.147. The van der Waals surface area contributed by atoms with Crippen LogP contribution in [0.5, 0.6) is 0 Å². The Hall–Kier alpha value is 0.120. The fourth-order valence-electron chi connectivity index (χ4n) is 1.29. The molecule has 0 spiro atoms. The Morgan fingerprint density at radius 1 is 1.43 bits per heavy atom. The molecule has 0 aliphatic heterocycles. The predicted octanol–water partition coefficient (Wildman–Crippen LogP) is 4.73. The van der Waals surface area contributed by atoms with Crippen molar-refractivity contribution < 1.29 is 8.78 Å². The molecule has 1 heterocycles. The van der Waals surface area contributed by atoms with Crippen LogP contribution in [0.25, 0.3) is 10.1 Å². The van der Waals surface area contributed by atoms with E-state index in [-0.39, 0.29) is 5.56 Å². The molecule has 0 N–H and O–H groups in total. The summed E-state index contributed by atoms with van der Waals surface area (Å²) in [6.07, 6.45) is -2.46. The molecule has 0 unspecified atom stereocenters. The van der Waals surface area contributed by atoms with E-state index >= 15 is 0 Å². The Labute approximate surface area is 103 Å². The third-order valence-corrected chi connectivity index (χ3v) is 4.18. The first-order valence-electron chi connectivity index (χ1n) is 3.78. The van der Waals surface area contributed by atoms with E-state index in [9.17, 15) is 8.78 Å². The van der Waals surface area contributed by atoms with E-state index in [1.807, 2.05) is 34.0 Å². The Kier molecular flexibility index (Phi) is 2.99. The van der Waals surface area contributed by atoms with E-state index in [0.29, 0.717) is 8.47 Å². The number of alkyl halides is 2. The average molecular weight is 342 g/mol. The van der Waals surface area contributed by atoms with Gasteiger partial charge in [0.1, 0.15) is 0 Å². The van der Waals surface area contributed by atoms with Crippen LogP contribution in [0.2, 0.25) is 0 Å². The second kappa shape index (κ2) is 3.94. The van der Waals surface area contributed by atoms with Gasteiger partial charge in [0, 0.05) is 24.1 Å². The highest BCUT2D eigenvalue weighted by Gasteiger charge is 2.17. The molecule has 0 bridgehead atoms. The van der Waals surface area contributed by atoms with Crippen molar-refractivity contribution in [1.29, 1.82) is 0 Å². The van der Waals surface area contributed by atoms with Crippen molar-refractivity contribution >= 4 is 56.6 Å². The molecule has 2 rings (SSSR count). The van der Waals surface area contributed by atoms with E-state index < -0.39 is 6.43 Å². The zero-order valence-electron chi connectivity index (χ0n) is 6.80. The van der Waals surface area contributed by atoms with Crippen molar-refractivity contribution in [2.24, 2.45) is 0 Å². The maximum atomic E-state index is 12.7. The number of fused-ring (bicyclic) bond motifs is 1. The number of hydrogen-bond donors (Lipinski definition) is 1. The number of benzene rings is 1. The molecule has 14 heavy (non-hydrogen) atoms. The molecule has 0 saturated carbocycles. The molecule has 74 valence electrons. The van der Waals surface area contributed by atoms with E-state index in [1.165, 1.54) is 11.3 Å². The van der Waals surface area contributed by atoms with Gasteiger partial charge in [-0.2, -0.15) is 0 Å². The lowest BCUT2D eigenvalue weighted by atomic mass is 10.2. The SMILES string of the molecule is FC(F)c1c(I)cc2sccc2c1S. The number of rotatable bonds is 1. The molecule has 1 aromatic carbocycles. The highest BCUT2D eigenvalue weighted by Crippen LogP contribution is 2.37. The zero-order chi connectivity index (χ0) is 10.3. The number of thiophene rings is 1. The van der Waals surface area contributed by atoms with Crippen molar-refractivity contribution in [1.82, 2.24) is 0 Å². The minimum atomic E-state index is -2.46. The van der Waals surface area contributed by atoms with Gasteiger partial charge in [-0.1, -0.05) is 0 Å². The largest absolute Gasteiger partial charge is 0.265 e. The van der Waals surface area contributed by atoms with Crippen molar-refractivity contribution in [3.63, 3.8) is 0 Å². The van der Waals surface area contributed by atoms with Crippen LogP contribution in [0.1, 0.15) is 12.0 Å². The van der Waals surface area contributed by atoms with Crippen molar-refractivity contribution in [2.45, 2.75) is 11.3 Å². The van der Waals surface area contributed by atoms with Gasteiger partial charge in [0.15, 0.2) is 0 Å². The fourth-order valence-corrected chi connectivity index (χ4v) is 3.85. The van der Waals surface area contributed by atoms with Crippen molar-refractivity contribution in [3.05, 3.63) is 26.6 Å². The van der Waals surface area contributed by atoms with Gasteiger partial charge in [0.05, 0.1) is 0 Å². The summed E-state index contributed by atoms with van der Waals surface area (Å²) in [5, 5.41) is 2.70. The smallest absolute Gasteiger partial charge is 0.205 e. The maximum Gasteiger partial charge on any atom is 0.265 e. The molecule has 0 aliphatic rings. The van der Waals surface area contributed by atoms with Gasteiger partial charge < -0.3 is 0 Å². The maximum absolute atomic E-state index is 12.7. The molecule has 0 amide bonds. The predicted molar refractivity (Wildman–Crippen MR) is 66.8 cm³/mol. The summed E-state index contributed by atoms with van der Waals surface area (Å²) in [6, 6.07) is 3.60. The Bertz CT molecular complexity index is 479. The Morgan fingerprint density at radius 3 is 2.79 bits per heavy atom. The fraction of sp³-hybridized carbons (Fsp3) is 0.111. The van der Waals surface area contributed by atoms with Crippen molar-refractivity contribution in [3.8, 4) is 0 Å². The molecular weight excluding hydrogens is 337 g/mol. The topological polar surface area (TPSA) is 0 Å². The lowest BCUT2D eigenvalue weighted by Crippen LogP contribution is -1.91. The minimum absolute atomic E-state index is 0.0415. The summed E-state index contributed by atoms with van der Waals surface area (Å²) in [5.41, 5.74) is 0.0415. The summed E-state index contributed by atoms with van der Waals surface area (Å²) >= 11 is 7.62. The third-order valence-electron chi connectivity index (χ3n) is 1.94. The zero-order valence-corrected chi connectivity index (χ0v) is 10.7. The van der Waals surface area contributed by atoms with E-state index in [4.69, 9.17) is 0 Å². The molecule has 0 nitrogen and oxygen atoms in total. The number of hydrogen-bond acceptors (Lipinski definition) is 2. The quantitative estimate of drug-likeness (QED) is 0.562. The third kappa shape index (κ3) is 1.65. The van der Waals surface area contributed by atoms with E-state index in [2.05, 4.69) is 12.6 Å². The molecule has 2 aromatic rings. The van der Waals surface area contributed by atoms with Crippen LogP contribution in [-0.4, -0.2) is 0 Å². The molecule has 5 heteroatoms. The van der Waals surface area contributed by atoms with Gasteiger partial charge in [0.25, 0.3) is 6.43 Å². The summed E-state index contributed by atoms with van der Waals surface area (Å²) in [7, 11) is 0. The van der Waals surface area contributed by atoms with Crippen LogP contribution in [-0.2, 0) is 0 Å². The van der Waals surface area contributed by atoms with Gasteiger partial charge >= 0.3 is 0 Å². The highest BCUT2D eigenvalue weighted by atomic mass is 127. The van der Waals surface area contributed by atoms with E-state index in [0.717, 1.165) is 10.1 Å². The number of thiol groups is 1. The molecular formula is C9H5F2IS2. The number of halogens is 3.